The van der Waals surface area contributed by atoms with Crippen LogP contribution < -0.4 is 4.74 Å². The monoisotopic (exact) mass is 484 g/mol. The van der Waals surface area contributed by atoms with Gasteiger partial charge in [-0.2, -0.15) is 11.8 Å². The van der Waals surface area contributed by atoms with E-state index >= 15 is 0 Å². The summed E-state index contributed by atoms with van der Waals surface area (Å²) in [5, 5.41) is 10.9. The summed E-state index contributed by atoms with van der Waals surface area (Å²) in [5.41, 5.74) is 1.07. The van der Waals surface area contributed by atoms with E-state index in [1.54, 1.807) is 12.1 Å². The van der Waals surface area contributed by atoms with E-state index in [2.05, 4.69) is 6.92 Å². The molecule has 1 aliphatic rings. The first kappa shape index (κ1) is 26.9. The number of ether oxygens (including phenoxy) is 3. The minimum atomic E-state index is -0.216. The molecule has 2 atom stereocenters. The van der Waals surface area contributed by atoms with Gasteiger partial charge in [0.15, 0.2) is 5.78 Å². The van der Waals surface area contributed by atoms with E-state index in [1.807, 2.05) is 30.4 Å². The van der Waals surface area contributed by atoms with Crippen LogP contribution >= 0.6 is 23.5 Å². The van der Waals surface area contributed by atoms with Gasteiger partial charge in [-0.15, -0.1) is 11.8 Å². The highest BCUT2D eigenvalue weighted by Crippen LogP contribution is 2.42. The third kappa shape index (κ3) is 8.19. The van der Waals surface area contributed by atoms with Crippen molar-refractivity contribution in [2.24, 2.45) is 0 Å². The second-order valence-corrected chi connectivity index (χ2v) is 11.1. The van der Waals surface area contributed by atoms with E-state index in [9.17, 15) is 14.7 Å². The summed E-state index contributed by atoms with van der Waals surface area (Å²) in [6, 6.07) is 3.43. The zero-order valence-electron chi connectivity index (χ0n) is 19.6. The van der Waals surface area contributed by atoms with E-state index in [0.29, 0.717) is 36.0 Å². The van der Waals surface area contributed by atoms with Crippen molar-refractivity contribution < 1.29 is 28.9 Å². The Hall–Kier alpha value is -1.38. The van der Waals surface area contributed by atoms with Crippen molar-refractivity contribution in [2.45, 2.75) is 69.5 Å². The SMILES string of the molecule is CCCc1c(OCCCSCC2COC(C)(CCCC(=O)OC)S2)ccc(C(C)=O)c1O. The number of Topliss-reactive ketones (excluding diaryl/α,β-unsaturated/α-hetero) is 1. The number of carbonyl (C=O) groups is 2. The molecule has 1 saturated heterocycles. The molecule has 6 nitrogen and oxygen atoms in total. The summed E-state index contributed by atoms with van der Waals surface area (Å²) >= 11 is 3.76. The quantitative estimate of drug-likeness (QED) is 0.218. The van der Waals surface area contributed by atoms with Crippen LogP contribution in [-0.4, -0.2) is 58.9 Å². The number of esters is 1. The zero-order valence-corrected chi connectivity index (χ0v) is 21.2. The summed E-state index contributed by atoms with van der Waals surface area (Å²) in [5.74, 6) is 2.42. The standard InChI is InChI=1S/C24H36O6S2/c1-5-8-20-21(11-10-19(17(2)25)23(20)27)29-13-7-14-31-16-18-15-30-24(3,32-18)12-6-9-22(26)28-4/h10-11,18,27H,5-9,12-16H2,1-4H3. The van der Waals surface area contributed by atoms with Crippen LogP contribution in [0, 0.1) is 0 Å². The largest absolute Gasteiger partial charge is 0.507 e. The number of thioether (sulfide) groups is 2. The van der Waals surface area contributed by atoms with E-state index in [-0.39, 0.29) is 22.4 Å². The number of aromatic hydroxyl groups is 1. The van der Waals surface area contributed by atoms with Crippen LogP contribution in [0.1, 0.15) is 68.8 Å². The molecule has 1 fully saturated rings. The highest BCUT2D eigenvalue weighted by atomic mass is 32.2. The van der Waals surface area contributed by atoms with Crippen molar-refractivity contribution in [1.82, 2.24) is 0 Å². The summed E-state index contributed by atoms with van der Waals surface area (Å²) in [6.45, 7) is 6.91. The van der Waals surface area contributed by atoms with Crippen molar-refractivity contribution in [3.63, 3.8) is 0 Å². The summed E-state index contributed by atoms with van der Waals surface area (Å²) in [4.78, 5) is 22.7. The number of phenols is 1. The van der Waals surface area contributed by atoms with Crippen molar-refractivity contribution in [3.8, 4) is 11.5 Å². The molecule has 0 amide bonds. The van der Waals surface area contributed by atoms with Crippen molar-refractivity contribution in [2.75, 3.05) is 31.8 Å². The lowest BCUT2D eigenvalue weighted by molar-refractivity contribution is -0.140. The summed E-state index contributed by atoms with van der Waals surface area (Å²) in [7, 11) is 1.42. The minimum absolute atomic E-state index is 0.0547. The number of hydrogen-bond acceptors (Lipinski definition) is 8. The van der Waals surface area contributed by atoms with E-state index < -0.39 is 0 Å². The maximum absolute atomic E-state index is 11.7. The van der Waals surface area contributed by atoms with Gasteiger partial charge in [-0.1, -0.05) is 13.3 Å². The molecule has 1 aromatic carbocycles. The molecule has 0 spiro atoms. The van der Waals surface area contributed by atoms with Gasteiger partial charge in [-0.25, -0.2) is 0 Å². The highest BCUT2D eigenvalue weighted by molar-refractivity contribution is 8.04. The Kier molecular flexibility index (Phi) is 11.2. The summed E-state index contributed by atoms with van der Waals surface area (Å²) in [6.07, 6.45) is 4.50. The van der Waals surface area contributed by atoms with Crippen LogP contribution in [0.3, 0.4) is 0 Å². The Morgan fingerprint density at radius 3 is 2.81 bits per heavy atom. The van der Waals surface area contributed by atoms with E-state index in [0.717, 1.165) is 49.4 Å². The second kappa shape index (κ2) is 13.4. The Morgan fingerprint density at radius 2 is 2.12 bits per heavy atom. The highest BCUT2D eigenvalue weighted by Gasteiger charge is 2.36. The van der Waals surface area contributed by atoms with Crippen LogP contribution in [0.15, 0.2) is 12.1 Å². The molecule has 8 heteroatoms. The van der Waals surface area contributed by atoms with Gasteiger partial charge in [-0.05, 0) is 57.4 Å². The number of methoxy groups -OCH3 is 1. The second-order valence-electron chi connectivity index (χ2n) is 8.14. The molecule has 1 aliphatic heterocycles. The van der Waals surface area contributed by atoms with Crippen molar-refractivity contribution >= 4 is 35.3 Å². The van der Waals surface area contributed by atoms with E-state index in [4.69, 9.17) is 14.2 Å². The van der Waals surface area contributed by atoms with Crippen LogP contribution in [0.5, 0.6) is 11.5 Å². The molecule has 0 aliphatic carbocycles. The molecule has 0 saturated carbocycles. The molecule has 180 valence electrons. The topological polar surface area (TPSA) is 82.1 Å². The average molecular weight is 485 g/mol. The smallest absolute Gasteiger partial charge is 0.305 e. The normalized spacial score (nSPS) is 20.3. The molecular weight excluding hydrogens is 448 g/mol. The fourth-order valence-corrected chi connectivity index (χ4v) is 6.29. The van der Waals surface area contributed by atoms with Gasteiger partial charge in [0.2, 0.25) is 0 Å². The van der Waals surface area contributed by atoms with Crippen LogP contribution in [0.4, 0.5) is 0 Å². The third-order valence-corrected chi connectivity index (χ3v) is 8.23. The number of hydrogen-bond donors (Lipinski definition) is 1. The number of rotatable bonds is 14. The Labute approximate surface area is 200 Å². The lowest BCUT2D eigenvalue weighted by Crippen LogP contribution is -2.19. The van der Waals surface area contributed by atoms with Gasteiger partial charge >= 0.3 is 5.97 Å². The molecule has 2 rings (SSSR count). The Bertz CT molecular complexity index is 769. The van der Waals surface area contributed by atoms with Crippen molar-refractivity contribution in [3.05, 3.63) is 23.3 Å². The van der Waals surface area contributed by atoms with Crippen LogP contribution in [0.2, 0.25) is 0 Å². The number of carbonyl (C=O) groups excluding carboxylic acids is 2. The van der Waals surface area contributed by atoms with Crippen LogP contribution in [-0.2, 0) is 20.7 Å². The molecule has 0 bridgehead atoms. The first-order chi connectivity index (χ1) is 15.3. The molecule has 2 unspecified atom stereocenters. The van der Waals surface area contributed by atoms with Gasteiger partial charge < -0.3 is 19.3 Å². The predicted molar refractivity (Wildman–Crippen MR) is 131 cm³/mol. The third-order valence-electron chi connectivity index (χ3n) is 5.34. The van der Waals surface area contributed by atoms with Gasteiger partial charge in [0.25, 0.3) is 0 Å². The van der Waals surface area contributed by atoms with E-state index in [1.165, 1.54) is 14.0 Å². The van der Waals surface area contributed by atoms with Crippen molar-refractivity contribution in [1.29, 1.82) is 0 Å². The molecule has 32 heavy (non-hydrogen) atoms. The summed E-state index contributed by atoms with van der Waals surface area (Å²) < 4.78 is 16.6. The van der Waals surface area contributed by atoms with Gasteiger partial charge in [-0.3, -0.25) is 9.59 Å². The Balaban J connectivity index is 1.68. The number of benzene rings is 1. The zero-order chi connectivity index (χ0) is 23.6. The molecule has 0 aromatic heterocycles. The Morgan fingerprint density at radius 1 is 1.34 bits per heavy atom. The fraction of sp³-hybridized carbons (Fsp3) is 0.667. The number of ketones is 1. The predicted octanol–water partition coefficient (Wildman–Crippen LogP) is 5.24. The maximum Gasteiger partial charge on any atom is 0.305 e. The molecule has 1 N–H and O–H groups in total. The first-order valence-electron chi connectivity index (χ1n) is 11.2. The minimum Gasteiger partial charge on any atom is -0.507 e. The first-order valence-corrected chi connectivity index (χ1v) is 13.3. The lowest BCUT2D eigenvalue weighted by atomic mass is 10.0. The lowest BCUT2D eigenvalue weighted by Gasteiger charge is -2.22. The fourth-order valence-electron chi connectivity index (χ4n) is 3.65. The van der Waals surface area contributed by atoms with Gasteiger partial charge in [0.1, 0.15) is 16.4 Å². The maximum atomic E-state index is 11.7. The van der Waals surface area contributed by atoms with Gasteiger partial charge in [0, 0.05) is 23.0 Å². The molecule has 0 radical (unpaired) electrons. The van der Waals surface area contributed by atoms with Crippen LogP contribution in [0.25, 0.3) is 0 Å². The average Bonchev–Trinajstić information content (AvgIpc) is 3.13. The molecular formula is C24H36O6S2. The van der Waals surface area contributed by atoms with Gasteiger partial charge in [0.05, 0.1) is 25.9 Å². The number of phenolic OH excluding ortho intramolecular Hbond substituents is 1. The molecule has 1 heterocycles. The molecule has 1 aromatic rings.